The van der Waals surface area contributed by atoms with Crippen molar-refractivity contribution in [2.24, 2.45) is 0 Å². The van der Waals surface area contributed by atoms with Gasteiger partial charge in [0.1, 0.15) is 0 Å². The fourth-order valence-corrected chi connectivity index (χ4v) is 1.89. The molecule has 0 spiro atoms. The lowest BCUT2D eigenvalue weighted by molar-refractivity contribution is -0.0279. The van der Waals surface area contributed by atoms with E-state index in [4.69, 9.17) is 0 Å². The summed E-state index contributed by atoms with van der Waals surface area (Å²) >= 11 is 0. The van der Waals surface area contributed by atoms with Crippen molar-refractivity contribution in [2.75, 3.05) is 13.1 Å². The average Bonchev–Trinajstić information content (AvgIpc) is 2.01. The van der Waals surface area contributed by atoms with Gasteiger partial charge < -0.3 is 5.11 Å². The number of hydrogen-bond donors (Lipinski definition) is 1. The topological polar surface area (TPSA) is 23.5 Å². The number of likely N-dealkylation sites (tertiary alicyclic amines) is 1. The standard InChI is InChI=1S/C10H21NO/c1-4-9(2)11-7-5-6-10(3,12)8-11/h9,12H,4-8H2,1-3H3. The fourth-order valence-electron chi connectivity index (χ4n) is 1.89. The fraction of sp³-hybridized carbons (Fsp3) is 1.00. The van der Waals surface area contributed by atoms with Crippen molar-refractivity contribution in [1.29, 1.82) is 0 Å². The van der Waals surface area contributed by atoms with Crippen molar-refractivity contribution in [3.05, 3.63) is 0 Å². The SMILES string of the molecule is CCC(C)N1CCCC(C)(O)C1. The van der Waals surface area contributed by atoms with E-state index < -0.39 is 5.60 Å². The van der Waals surface area contributed by atoms with E-state index in [-0.39, 0.29) is 0 Å². The quantitative estimate of drug-likeness (QED) is 0.682. The Bertz CT molecular complexity index is 145. The highest BCUT2D eigenvalue weighted by atomic mass is 16.3. The zero-order valence-corrected chi connectivity index (χ0v) is 8.51. The minimum absolute atomic E-state index is 0.443. The molecule has 0 aromatic heterocycles. The normalized spacial score (nSPS) is 35.0. The van der Waals surface area contributed by atoms with Crippen LogP contribution in [0, 0.1) is 0 Å². The maximum absolute atomic E-state index is 9.85. The summed E-state index contributed by atoms with van der Waals surface area (Å²) < 4.78 is 0. The largest absolute Gasteiger partial charge is 0.389 e. The summed E-state index contributed by atoms with van der Waals surface area (Å²) in [5.74, 6) is 0. The molecule has 1 saturated heterocycles. The number of rotatable bonds is 2. The molecule has 1 fully saturated rings. The van der Waals surface area contributed by atoms with Gasteiger partial charge in [-0.15, -0.1) is 0 Å². The summed E-state index contributed by atoms with van der Waals surface area (Å²) in [6.07, 6.45) is 3.27. The Balaban J connectivity index is 2.46. The van der Waals surface area contributed by atoms with Crippen molar-refractivity contribution in [2.45, 2.75) is 51.7 Å². The molecular formula is C10H21NO. The molecule has 12 heavy (non-hydrogen) atoms. The maximum Gasteiger partial charge on any atom is 0.0746 e. The Hall–Kier alpha value is -0.0800. The molecule has 1 aliphatic rings. The summed E-state index contributed by atoms with van der Waals surface area (Å²) in [5.41, 5.74) is -0.443. The first-order chi connectivity index (χ1) is 5.55. The molecule has 0 radical (unpaired) electrons. The van der Waals surface area contributed by atoms with E-state index in [1.54, 1.807) is 0 Å². The lowest BCUT2D eigenvalue weighted by atomic mass is 9.94. The van der Waals surface area contributed by atoms with Crippen LogP contribution in [0.15, 0.2) is 0 Å². The van der Waals surface area contributed by atoms with Crippen LogP contribution in [0.1, 0.15) is 40.0 Å². The first-order valence-electron chi connectivity index (χ1n) is 5.01. The first-order valence-corrected chi connectivity index (χ1v) is 5.01. The maximum atomic E-state index is 9.85. The second-order valence-electron chi connectivity index (χ2n) is 4.33. The third-order valence-electron chi connectivity index (χ3n) is 2.92. The van der Waals surface area contributed by atoms with Crippen LogP contribution in [-0.2, 0) is 0 Å². The Morgan fingerprint density at radius 3 is 2.75 bits per heavy atom. The highest BCUT2D eigenvalue weighted by molar-refractivity contribution is 4.84. The van der Waals surface area contributed by atoms with Gasteiger partial charge in [0.15, 0.2) is 0 Å². The lowest BCUT2D eigenvalue weighted by Crippen LogP contribution is -2.49. The Morgan fingerprint density at radius 1 is 1.58 bits per heavy atom. The van der Waals surface area contributed by atoms with Crippen molar-refractivity contribution < 1.29 is 5.11 Å². The third-order valence-corrected chi connectivity index (χ3v) is 2.92. The number of nitrogens with zero attached hydrogens (tertiary/aromatic N) is 1. The molecule has 0 aliphatic carbocycles. The van der Waals surface area contributed by atoms with Gasteiger partial charge in [0, 0.05) is 12.6 Å². The molecule has 0 amide bonds. The molecule has 2 heteroatoms. The van der Waals surface area contributed by atoms with Crippen molar-refractivity contribution in [3.63, 3.8) is 0 Å². The number of aliphatic hydroxyl groups is 1. The van der Waals surface area contributed by atoms with Gasteiger partial charge >= 0.3 is 0 Å². The summed E-state index contributed by atoms with van der Waals surface area (Å²) in [6, 6.07) is 0.622. The van der Waals surface area contributed by atoms with E-state index in [9.17, 15) is 5.11 Å². The van der Waals surface area contributed by atoms with Crippen molar-refractivity contribution in [1.82, 2.24) is 4.90 Å². The van der Waals surface area contributed by atoms with Gasteiger partial charge in [-0.3, -0.25) is 4.90 Å². The van der Waals surface area contributed by atoms with E-state index in [1.165, 1.54) is 6.42 Å². The Kier molecular flexibility index (Phi) is 3.13. The highest BCUT2D eigenvalue weighted by Crippen LogP contribution is 2.22. The van der Waals surface area contributed by atoms with E-state index in [2.05, 4.69) is 18.7 Å². The van der Waals surface area contributed by atoms with Crippen LogP contribution in [0.25, 0.3) is 0 Å². The van der Waals surface area contributed by atoms with Gasteiger partial charge in [0.05, 0.1) is 5.60 Å². The number of hydrogen-bond acceptors (Lipinski definition) is 2. The van der Waals surface area contributed by atoms with Crippen molar-refractivity contribution in [3.8, 4) is 0 Å². The molecule has 1 N–H and O–H groups in total. The van der Waals surface area contributed by atoms with Gasteiger partial charge in [0.25, 0.3) is 0 Å². The molecule has 0 saturated carbocycles. The van der Waals surface area contributed by atoms with Gasteiger partial charge in [0.2, 0.25) is 0 Å². The van der Waals surface area contributed by atoms with Crippen LogP contribution in [0.5, 0.6) is 0 Å². The highest BCUT2D eigenvalue weighted by Gasteiger charge is 2.29. The van der Waals surface area contributed by atoms with Crippen LogP contribution in [0.4, 0.5) is 0 Å². The first kappa shape index (κ1) is 10.0. The summed E-state index contributed by atoms with van der Waals surface area (Å²) in [7, 11) is 0. The molecule has 2 atom stereocenters. The monoisotopic (exact) mass is 171 g/mol. The van der Waals surface area contributed by atoms with Crippen LogP contribution in [0.2, 0.25) is 0 Å². The minimum atomic E-state index is -0.443. The second kappa shape index (κ2) is 3.75. The van der Waals surface area contributed by atoms with E-state index in [1.807, 2.05) is 6.92 Å². The van der Waals surface area contributed by atoms with Gasteiger partial charge in [-0.05, 0) is 39.7 Å². The smallest absolute Gasteiger partial charge is 0.0746 e. The zero-order valence-electron chi connectivity index (χ0n) is 8.51. The Morgan fingerprint density at radius 2 is 2.25 bits per heavy atom. The molecule has 2 unspecified atom stereocenters. The molecule has 1 rings (SSSR count). The summed E-state index contributed by atoms with van der Waals surface area (Å²) in [5, 5.41) is 9.85. The van der Waals surface area contributed by atoms with Crippen LogP contribution in [0.3, 0.4) is 0 Å². The molecule has 72 valence electrons. The second-order valence-corrected chi connectivity index (χ2v) is 4.33. The molecule has 0 aromatic carbocycles. The predicted molar refractivity (Wildman–Crippen MR) is 51.2 cm³/mol. The predicted octanol–water partition coefficient (Wildman–Crippen LogP) is 1.63. The molecular weight excluding hydrogens is 150 g/mol. The summed E-state index contributed by atoms with van der Waals surface area (Å²) in [6.45, 7) is 8.39. The van der Waals surface area contributed by atoms with Gasteiger partial charge in [-0.25, -0.2) is 0 Å². The molecule has 1 heterocycles. The average molecular weight is 171 g/mol. The minimum Gasteiger partial charge on any atom is -0.389 e. The molecule has 0 aromatic rings. The number of β-amino-alcohol motifs (C(OH)–C–C–N with tert-alkyl or cyclic N) is 1. The van der Waals surface area contributed by atoms with E-state index >= 15 is 0 Å². The van der Waals surface area contributed by atoms with Crippen LogP contribution in [-0.4, -0.2) is 34.7 Å². The van der Waals surface area contributed by atoms with E-state index in [0.717, 1.165) is 25.9 Å². The number of piperidine rings is 1. The molecule has 0 bridgehead atoms. The Labute approximate surface area is 75.6 Å². The van der Waals surface area contributed by atoms with Crippen molar-refractivity contribution >= 4 is 0 Å². The van der Waals surface area contributed by atoms with E-state index in [0.29, 0.717) is 6.04 Å². The zero-order chi connectivity index (χ0) is 9.19. The lowest BCUT2D eigenvalue weighted by Gasteiger charge is -2.39. The third kappa shape index (κ3) is 2.46. The molecule has 2 nitrogen and oxygen atoms in total. The molecule has 1 aliphatic heterocycles. The van der Waals surface area contributed by atoms with Crippen LogP contribution < -0.4 is 0 Å². The van der Waals surface area contributed by atoms with Gasteiger partial charge in [-0.1, -0.05) is 6.92 Å². The summed E-state index contributed by atoms with van der Waals surface area (Å²) in [4.78, 5) is 2.39. The van der Waals surface area contributed by atoms with Crippen LogP contribution >= 0.6 is 0 Å². The van der Waals surface area contributed by atoms with Gasteiger partial charge in [-0.2, -0.15) is 0 Å².